The minimum atomic E-state index is -0.425. The normalized spacial score (nSPS) is 25.6. The summed E-state index contributed by atoms with van der Waals surface area (Å²) in [5.41, 5.74) is -0.425. The van der Waals surface area contributed by atoms with Gasteiger partial charge in [0.2, 0.25) is 5.91 Å². The van der Waals surface area contributed by atoms with E-state index in [2.05, 4.69) is 17.6 Å². The van der Waals surface area contributed by atoms with Crippen molar-refractivity contribution in [3.63, 3.8) is 0 Å². The van der Waals surface area contributed by atoms with Crippen molar-refractivity contribution >= 4 is 5.91 Å². The standard InChI is InChI=1S/C13H26N2O2/c1-4-13(5-2,9-16)15-12(17)11-6-7-14-10(3)8-11/h10-11,14,16H,4-9H2,1-3H3,(H,15,17). The minimum absolute atomic E-state index is 0.0201. The van der Waals surface area contributed by atoms with Crippen LogP contribution in [0.2, 0.25) is 0 Å². The van der Waals surface area contributed by atoms with Gasteiger partial charge in [0.15, 0.2) is 0 Å². The first kappa shape index (κ1) is 14.5. The van der Waals surface area contributed by atoms with E-state index >= 15 is 0 Å². The molecule has 0 bridgehead atoms. The Morgan fingerprint density at radius 1 is 1.47 bits per heavy atom. The maximum absolute atomic E-state index is 12.2. The summed E-state index contributed by atoms with van der Waals surface area (Å²) in [5.74, 6) is 0.200. The Kier molecular flexibility index (Phi) is 5.40. The molecule has 17 heavy (non-hydrogen) atoms. The molecule has 0 aromatic rings. The lowest BCUT2D eigenvalue weighted by atomic mass is 9.89. The van der Waals surface area contributed by atoms with Gasteiger partial charge in [0.05, 0.1) is 12.1 Å². The maximum atomic E-state index is 12.2. The zero-order valence-electron chi connectivity index (χ0n) is 11.3. The highest BCUT2D eigenvalue weighted by molar-refractivity contribution is 5.79. The Balaban J connectivity index is 2.57. The summed E-state index contributed by atoms with van der Waals surface area (Å²) in [7, 11) is 0. The first-order chi connectivity index (χ1) is 8.06. The Labute approximate surface area is 104 Å². The molecule has 1 saturated heterocycles. The average molecular weight is 242 g/mol. The molecular formula is C13H26N2O2. The van der Waals surface area contributed by atoms with E-state index < -0.39 is 5.54 Å². The first-order valence-corrected chi connectivity index (χ1v) is 6.73. The highest BCUT2D eigenvalue weighted by atomic mass is 16.3. The molecule has 1 amide bonds. The molecule has 0 aromatic heterocycles. The van der Waals surface area contributed by atoms with Crippen molar-refractivity contribution in [2.24, 2.45) is 5.92 Å². The minimum Gasteiger partial charge on any atom is -0.394 e. The average Bonchev–Trinajstić information content (AvgIpc) is 2.36. The summed E-state index contributed by atoms with van der Waals surface area (Å²) < 4.78 is 0. The summed E-state index contributed by atoms with van der Waals surface area (Å²) in [6, 6.07) is 0.409. The number of piperidine rings is 1. The van der Waals surface area contributed by atoms with Crippen LogP contribution in [0.5, 0.6) is 0 Å². The van der Waals surface area contributed by atoms with Crippen LogP contribution in [-0.4, -0.2) is 35.7 Å². The van der Waals surface area contributed by atoms with E-state index in [-0.39, 0.29) is 18.4 Å². The maximum Gasteiger partial charge on any atom is 0.223 e. The second-order valence-corrected chi connectivity index (χ2v) is 5.21. The van der Waals surface area contributed by atoms with Crippen molar-refractivity contribution in [3.05, 3.63) is 0 Å². The highest BCUT2D eigenvalue weighted by Crippen LogP contribution is 2.20. The molecule has 1 aliphatic rings. The Morgan fingerprint density at radius 2 is 2.12 bits per heavy atom. The van der Waals surface area contributed by atoms with Gasteiger partial charge in [0, 0.05) is 12.0 Å². The lowest BCUT2D eigenvalue weighted by Crippen LogP contribution is -2.54. The number of hydrogen-bond donors (Lipinski definition) is 3. The molecule has 4 heteroatoms. The van der Waals surface area contributed by atoms with Crippen molar-refractivity contribution in [1.29, 1.82) is 0 Å². The van der Waals surface area contributed by atoms with Crippen molar-refractivity contribution in [2.75, 3.05) is 13.2 Å². The fourth-order valence-electron chi connectivity index (χ4n) is 2.42. The SMILES string of the molecule is CCC(CC)(CO)NC(=O)C1CCNC(C)C1. The monoisotopic (exact) mass is 242 g/mol. The lowest BCUT2D eigenvalue weighted by Gasteiger charge is -2.34. The van der Waals surface area contributed by atoms with E-state index in [9.17, 15) is 9.90 Å². The third-order valence-electron chi connectivity index (χ3n) is 4.04. The van der Waals surface area contributed by atoms with Crippen LogP contribution in [0.15, 0.2) is 0 Å². The molecule has 0 saturated carbocycles. The smallest absolute Gasteiger partial charge is 0.223 e. The highest BCUT2D eigenvalue weighted by Gasteiger charge is 2.32. The summed E-state index contributed by atoms with van der Waals surface area (Å²) >= 11 is 0. The van der Waals surface area contributed by atoms with E-state index in [0.717, 1.165) is 32.2 Å². The van der Waals surface area contributed by atoms with E-state index in [1.165, 1.54) is 0 Å². The zero-order chi connectivity index (χ0) is 12.9. The Morgan fingerprint density at radius 3 is 2.59 bits per heavy atom. The molecule has 2 atom stereocenters. The molecule has 0 aliphatic carbocycles. The summed E-state index contributed by atoms with van der Waals surface area (Å²) in [5, 5.41) is 15.8. The van der Waals surface area contributed by atoms with Gasteiger partial charge in [-0.05, 0) is 39.2 Å². The van der Waals surface area contributed by atoms with Gasteiger partial charge in [-0.25, -0.2) is 0 Å². The predicted octanol–water partition coefficient (Wildman–Crippen LogP) is 1.04. The zero-order valence-corrected chi connectivity index (χ0v) is 11.3. The second kappa shape index (κ2) is 6.36. The molecule has 4 nitrogen and oxygen atoms in total. The number of rotatable bonds is 5. The van der Waals surface area contributed by atoms with Crippen LogP contribution in [-0.2, 0) is 4.79 Å². The molecule has 1 rings (SSSR count). The fourth-order valence-corrected chi connectivity index (χ4v) is 2.42. The van der Waals surface area contributed by atoms with Gasteiger partial charge in [-0.3, -0.25) is 4.79 Å². The number of nitrogens with one attached hydrogen (secondary N) is 2. The van der Waals surface area contributed by atoms with Gasteiger partial charge in [-0.2, -0.15) is 0 Å². The Hall–Kier alpha value is -0.610. The number of carbonyl (C=O) groups excluding carboxylic acids is 1. The quantitative estimate of drug-likeness (QED) is 0.675. The number of amides is 1. The van der Waals surface area contributed by atoms with Crippen LogP contribution < -0.4 is 10.6 Å². The molecule has 0 spiro atoms. The van der Waals surface area contributed by atoms with Gasteiger partial charge in [0.25, 0.3) is 0 Å². The van der Waals surface area contributed by atoms with Crippen LogP contribution in [0.3, 0.4) is 0 Å². The van der Waals surface area contributed by atoms with Crippen LogP contribution in [0.25, 0.3) is 0 Å². The molecule has 3 N–H and O–H groups in total. The largest absolute Gasteiger partial charge is 0.394 e. The van der Waals surface area contributed by atoms with Crippen LogP contribution in [0.1, 0.15) is 46.5 Å². The van der Waals surface area contributed by atoms with E-state index in [1.54, 1.807) is 0 Å². The first-order valence-electron chi connectivity index (χ1n) is 6.73. The lowest BCUT2D eigenvalue weighted by molar-refractivity contribution is -0.128. The topological polar surface area (TPSA) is 61.4 Å². The van der Waals surface area contributed by atoms with Crippen LogP contribution >= 0.6 is 0 Å². The number of aliphatic hydroxyl groups is 1. The van der Waals surface area contributed by atoms with Crippen LogP contribution in [0, 0.1) is 5.92 Å². The molecule has 1 aliphatic heterocycles. The number of hydrogen-bond acceptors (Lipinski definition) is 3. The van der Waals surface area contributed by atoms with Gasteiger partial charge < -0.3 is 15.7 Å². The summed E-state index contributed by atoms with van der Waals surface area (Å²) in [6.07, 6.45) is 3.32. The Bertz CT molecular complexity index is 244. The van der Waals surface area contributed by atoms with Crippen molar-refractivity contribution < 1.29 is 9.90 Å². The van der Waals surface area contributed by atoms with Gasteiger partial charge in [-0.1, -0.05) is 13.8 Å². The van der Waals surface area contributed by atoms with Crippen LogP contribution in [0.4, 0.5) is 0 Å². The second-order valence-electron chi connectivity index (χ2n) is 5.21. The van der Waals surface area contributed by atoms with Gasteiger partial charge >= 0.3 is 0 Å². The summed E-state index contributed by atoms with van der Waals surface area (Å²) in [6.45, 7) is 7.05. The van der Waals surface area contributed by atoms with E-state index in [0.29, 0.717) is 6.04 Å². The van der Waals surface area contributed by atoms with E-state index in [4.69, 9.17) is 0 Å². The predicted molar refractivity (Wildman–Crippen MR) is 68.7 cm³/mol. The molecule has 100 valence electrons. The molecule has 0 aromatic carbocycles. The van der Waals surface area contributed by atoms with Gasteiger partial charge in [0.1, 0.15) is 0 Å². The molecule has 0 radical (unpaired) electrons. The number of carbonyl (C=O) groups is 1. The van der Waals surface area contributed by atoms with Crippen molar-refractivity contribution in [1.82, 2.24) is 10.6 Å². The molecule has 1 fully saturated rings. The molecular weight excluding hydrogens is 216 g/mol. The van der Waals surface area contributed by atoms with E-state index in [1.807, 2.05) is 13.8 Å². The van der Waals surface area contributed by atoms with Crippen molar-refractivity contribution in [3.8, 4) is 0 Å². The summed E-state index contributed by atoms with van der Waals surface area (Å²) in [4.78, 5) is 12.2. The van der Waals surface area contributed by atoms with Crippen molar-refractivity contribution in [2.45, 2.75) is 58.0 Å². The molecule has 1 heterocycles. The number of aliphatic hydroxyl groups excluding tert-OH is 1. The van der Waals surface area contributed by atoms with Gasteiger partial charge in [-0.15, -0.1) is 0 Å². The fraction of sp³-hybridized carbons (Fsp3) is 0.923. The third kappa shape index (κ3) is 3.68. The molecule has 2 unspecified atom stereocenters. The third-order valence-corrected chi connectivity index (χ3v) is 4.04.